The van der Waals surface area contributed by atoms with Crippen molar-refractivity contribution in [2.24, 2.45) is 0 Å². The van der Waals surface area contributed by atoms with Gasteiger partial charge < -0.3 is 5.32 Å². The number of rotatable bonds is 5. The number of halogens is 2. The maximum atomic E-state index is 10.7. The van der Waals surface area contributed by atoms with Crippen LogP contribution >= 0.6 is 27.5 Å². The molecule has 0 aromatic heterocycles. The molecular weight excluding hydrogens is 356 g/mol. The topological polar surface area (TPSA) is 55.2 Å². The van der Waals surface area contributed by atoms with Gasteiger partial charge in [-0.3, -0.25) is 10.1 Å². The minimum Gasteiger partial charge on any atom is -0.306 e. The van der Waals surface area contributed by atoms with Gasteiger partial charge in [-0.1, -0.05) is 39.7 Å². The Hall–Kier alpha value is -1.43. The highest BCUT2D eigenvalue weighted by Crippen LogP contribution is 2.23. The van der Waals surface area contributed by atoms with Crippen LogP contribution in [0.1, 0.15) is 24.1 Å². The third kappa shape index (κ3) is 4.27. The van der Waals surface area contributed by atoms with Gasteiger partial charge in [0, 0.05) is 29.2 Å². The van der Waals surface area contributed by atoms with Crippen molar-refractivity contribution in [2.45, 2.75) is 19.5 Å². The van der Waals surface area contributed by atoms with Crippen molar-refractivity contribution < 1.29 is 4.92 Å². The van der Waals surface area contributed by atoms with Gasteiger partial charge in [0.25, 0.3) is 5.69 Å². The summed E-state index contributed by atoms with van der Waals surface area (Å²) >= 11 is 9.52. The molecule has 0 saturated heterocycles. The minimum absolute atomic E-state index is 0.00351. The molecule has 0 radical (unpaired) electrons. The SMILES string of the molecule is CC(NCc1ccc([N+](=O)[O-])cc1Cl)c1cccc(Br)c1. The second-order valence-corrected chi connectivity index (χ2v) is 6.01. The first-order valence-electron chi connectivity index (χ1n) is 6.39. The Morgan fingerprint density at radius 3 is 2.71 bits per heavy atom. The Balaban J connectivity index is 2.04. The quantitative estimate of drug-likeness (QED) is 0.605. The number of nitro groups is 1. The maximum absolute atomic E-state index is 10.7. The Labute approximate surface area is 136 Å². The van der Waals surface area contributed by atoms with Crippen LogP contribution in [-0.4, -0.2) is 4.92 Å². The second kappa shape index (κ2) is 7.02. The van der Waals surface area contributed by atoms with Crippen molar-refractivity contribution in [3.63, 3.8) is 0 Å². The number of hydrogen-bond acceptors (Lipinski definition) is 3. The zero-order valence-electron chi connectivity index (χ0n) is 11.3. The highest BCUT2D eigenvalue weighted by atomic mass is 79.9. The fraction of sp³-hybridized carbons (Fsp3) is 0.200. The van der Waals surface area contributed by atoms with Crippen molar-refractivity contribution in [2.75, 3.05) is 0 Å². The number of nitro benzene ring substituents is 1. The Kier molecular flexibility index (Phi) is 5.33. The van der Waals surface area contributed by atoms with Crippen LogP contribution in [0, 0.1) is 10.1 Å². The van der Waals surface area contributed by atoms with Crippen LogP contribution in [0.2, 0.25) is 5.02 Å². The molecule has 110 valence electrons. The molecule has 0 aliphatic rings. The Morgan fingerprint density at radius 2 is 2.10 bits per heavy atom. The molecule has 4 nitrogen and oxygen atoms in total. The fourth-order valence-corrected chi connectivity index (χ4v) is 2.61. The molecule has 0 aliphatic heterocycles. The third-order valence-corrected chi connectivity index (χ3v) is 4.04. The third-order valence-electron chi connectivity index (χ3n) is 3.19. The van der Waals surface area contributed by atoms with Crippen LogP contribution < -0.4 is 5.32 Å². The molecule has 0 bridgehead atoms. The van der Waals surface area contributed by atoms with Gasteiger partial charge in [-0.2, -0.15) is 0 Å². The van der Waals surface area contributed by atoms with Crippen LogP contribution in [0.5, 0.6) is 0 Å². The van der Waals surface area contributed by atoms with E-state index in [1.165, 1.54) is 12.1 Å². The number of non-ortho nitro benzene ring substituents is 1. The summed E-state index contributed by atoms with van der Waals surface area (Å²) in [5, 5.41) is 14.4. The Bertz CT molecular complexity index is 664. The summed E-state index contributed by atoms with van der Waals surface area (Å²) in [7, 11) is 0. The molecule has 0 spiro atoms. The smallest absolute Gasteiger partial charge is 0.270 e. The average Bonchev–Trinajstić information content (AvgIpc) is 2.45. The number of benzene rings is 2. The van der Waals surface area contributed by atoms with Gasteiger partial charge in [0.2, 0.25) is 0 Å². The maximum Gasteiger partial charge on any atom is 0.270 e. The lowest BCUT2D eigenvalue weighted by Crippen LogP contribution is -2.18. The highest BCUT2D eigenvalue weighted by molar-refractivity contribution is 9.10. The van der Waals surface area contributed by atoms with Crippen LogP contribution in [0.15, 0.2) is 46.9 Å². The van der Waals surface area contributed by atoms with Crippen molar-refractivity contribution in [1.82, 2.24) is 5.32 Å². The largest absolute Gasteiger partial charge is 0.306 e. The molecule has 21 heavy (non-hydrogen) atoms. The normalized spacial score (nSPS) is 12.1. The molecule has 0 saturated carbocycles. The summed E-state index contributed by atoms with van der Waals surface area (Å²) in [5.74, 6) is 0. The monoisotopic (exact) mass is 368 g/mol. The molecule has 2 rings (SSSR count). The molecule has 1 unspecified atom stereocenters. The van der Waals surface area contributed by atoms with Crippen LogP contribution in [0.3, 0.4) is 0 Å². The number of nitrogens with zero attached hydrogens (tertiary/aromatic N) is 1. The van der Waals surface area contributed by atoms with E-state index >= 15 is 0 Å². The molecule has 6 heteroatoms. The summed E-state index contributed by atoms with van der Waals surface area (Å²) in [5.41, 5.74) is 2.00. The van der Waals surface area contributed by atoms with Crippen molar-refractivity contribution >= 4 is 33.2 Å². The first kappa shape index (κ1) is 15.9. The molecule has 0 fully saturated rings. The van der Waals surface area contributed by atoms with Crippen LogP contribution in [0.4, 0.5) is 5.69 Å². The van der Waals surface area contributed by atoms with E-state index < -0.39 is 4.92 Å². The van der Waals surface area contributed by atoms with Crippen LogP contribution in [0.25, 0.3) is 0 Å². The molecule has 1 atom stereocenters. The van der Waals surface area contributed by atoms with Gasteiger partial charge >= 0.3 is 0 Å². The lowest BCUT2D eigenvalue weighted by Gasteiger charge is -2.15. The van der Waals surface area contributed by atoms with E-state index in [1.54, 1.807) is 6.07 Å². The minimum atomic E-state index is -0.451. The van der Waals surface area contributed by atoms with Gasteiger partial charge in [-0.05, 0) is 36.2 Å². The molecule has 0 amide bonds. The summed E-state index contributed by atoms with van der Waals surface area (Å²) < 4.78 is 1.03. The van der Waals surface area contributed by atoms with E-state index in [2.05, 4.69) is 34.2 Å². The van der Waals surface area contributed by atoms with E-state index in [0.717, 1.165) is 15.6 Å². The average molecular weight is 370 g/mol. The molecular formula is C15H14BrClN2O2. The fourth-order valence-electron chi connectivity index (χ4n) is 1.95. The van der Waals surface area contributed by atoms with E-state index in [-0.39, 0.29) is 11.7 Å². The van der Waals surface area contributed by atoms with Crippen LogP contribution in [-0.2, 0) is 6.54 Å². The van der Waals surface area contributed by atoms with Gasteiger partial charge in [0.1, 0.15) is 0 Å². The number of hydrogen-bond donors (Lipinski definition) is 1. The predicted octanol–water partition coefficient (Wildman–Crippen LogP) is 4.86. The molecule has 1 N–H and O–H groups in total. The summed E-state index contributed by atoms with van der Waals surface area (Å²) in [6.07, 6.45) is 0. The van der Waals surface area contributed by atoms with E-state index in [9.17, 15) is 10.1 Å². The highest BCUT2D eigenvalue weighted by Gasteiger charge is 2.11. The predicted molar refractivity (Wildman–Crippen MR) is 87.5 cm³/mol. The molecule has 2 aromatic carbocycles. The zero-order chi connectivity index (χ0) is 15.4. The van der Waals surface area contributed by atoms with Gasteiger partial charge in [-0.15, -0.1) is 0 Å². The van der Waals surface area contributed by atoms with Gasteiger partial charge in [0.15, 0.2) is 0 Å². The molecule has 2 aromatic rings. The van der Waals surface area contributed by atoms with Gasteiger partial charge in [0.05, 0.1) is 9.95 Å². The van der Waals surface area contributed by atoms with E-state index in [4.69, 9.17) is 11.6 Å². The van der Waals surface area contributed by atoms with Gasteiger partial charge in [-0.25, -0.2) is 0 Å². The van der Waals surface area contributed by atoms with E-state index in [0.29, 0.717) is 11.6 Å². The second-order valence-electron chi connectivity index (χ2n) is 4.69. The Morgan fingerprint density at radius 1 is 1.33 bits per heavy atom. The number of nitrogens with one attached hydrogen (secondary N) is 1. The standard InChI is InChI=1S/C15H14BrClN2O2/c1-10(11-3-2-4-13(16)7-11)18-9-12-5-6-14(19(20)21)8-15(12)17/h2-8,10,18H,9H2,1H3. The lowest BCUT2D eigenvalue weighted by atomic mass is 10.1. The lowest BCUT2D eigenvalue weighted by molar-refractivity contribution is -0.384. The van der Waals surface area contributed by atoms with Crippen molar-refractivity contribution in [1.29, 1.82) is 0 Å². The summed E-state index contributed by atoms with van der Waals surface area (Å²) in [6.45, 7) is 2.60. The van der Waals surface area contributed by atoms with E-state index in [1.807, 2.05) is 18.2 Å². The zero-order valence-corrected chi connectivity index (χ0v) is 13.7. The molecule has 0 heterocycles. The summed E-state index contributed by atoms with van der Waals surface area (Å²) in [4.78, 5) is 10.2. The van der Waals surface area contributed by atoms with Crippen molar-refractivity contribution in [3.05, 3.63) is 73.2 Å². The summed E-state index contributed by atoms with van der Waals surface area (Å²) in [6, 6.07) is 12.7. The van der Waals surface area contributed by atoms with Crippen molar-refractivity contribution in [3.8, 4) is 0 Å². The molecule has 0 aliphatic carbocycles. The first-order valence-corrected chi connectivity index (χ1v) is 7.56. The first-order chi connectivity index (χ1) is 9.97.